The smallest absolute Gasteiger partial charge is 0.254 e. The van der Waals surface area contributed by atoms with Crippen molar-refractivity contribution in [2.45, 2.75) is 32.7 Å². The Labute approximate surface area is 114 Å². The van der Waals surface area contributed by atoms with E-state index in [0.717, 1.165) is 11.1 Å². The van der Waals surface area contributed by atoms with E-state index in [2.05, 4.69) is 0 Å². The highest BCUT2D eigenvalue weighted by Crippen LogP contribution is 2.15. The largest absolute Gasteiger partial charge is 0.380 e. The molecule has 2 rings (SSSR count). The van der Waals surface area contributed by atoms with Crippen molar-refractivity contribution in [1.29, 1.82) is 0 Å². The van der Waals surface area contributed by atoms with Gasteiger partial charge in [0.2, 0.25) is 0 Å². The van der Waals surface area contributed by atoms with Crippen LogP contribution in [0.2, 0.25) is 0 Å². The van der Waals surface area contributed by atoms with E-state index in [9.17, 15) is 4.79 Å². The fourth-order valence-corrected chi connectivity index (χ4v) is 2.49. The maximum absolute atomic E-state index is 12.5. The molecule has 19 heavy (non-hydrogen) atoms. The summed E-state index contributed by atoms with van der Waals surface area (Å²) >= 11 is 0. The zero-order valence-corrected chi connectivity index (χ0v) is 11.8. The van der Waals surface area contributed by atoms with Crippen LogP contribution < -0.4 is 0 Å². The Kier molecular flexibility index (Phi) is 4.56. The lowest BCUT2D eigenvalue weighted by molar-refractivity contribution is -0.0586. The lowest BCUT2D eigenvalue weighted by Gasteiger charge is -2.35. The highest BCUT2D eigenvalue weighted by atomic mass is 16.5. The number of carbonyl (C=O) groups excluding carboxylic acids is 1. The van der Waals surface area contributed by atoms with Gasteiger partial charge in [-0.1, -0.05) is 12.1 Å². The van der Waals surface area contributed by atoms with Crippen molar-refractivity contribution in [3.05, 3.63) is 35.4 Å². The highest BCUT2D eigenvalue weighted by molar-refractivity contribution is 5.94. The Morgan fingerprint density at radius 2 is 2.05 bits per heavy atom. The third kappa shape index (κ3) is 3.55. The maximum atomic E-state index is 12.5. The van der Waals surface area contributed by atoms with Crippen LogP contribution in [-0.4, -0.2) is 43.2 Å². The molecule has 2 unspecified atom stereocenters. The van der Waals surface area contributed by atoms with Crippen LogP contribution in [0.3, 0.4) is 0 Å². The van der Waals surface area contributed by atoms with E-state index in [0.29, 0.717) is 19.7 Å². The first-order valence-corrected chi connectivity index (χ1v) is 6.62. The summed E-state index contributed by atoms with van der Waals surface area (Å²) in [4.78, 5) is 14.3. The van der Waals surface area contributed by atoms with Gasteiger partial charge in [0.05, 0.1) is 18.8 Å². The van der Waals surface area contributed by atoms with Crippen molar-refractivity contribution in [3.8, 4) is 0 Å². The fraction of sp³-hybridized carbons (Fsp3) is 0.533. The third-order valence-corrected chi connectivity index (χ3v) is 3.19. The molecule has 0 spiro atoms. The van der Waals surface area contributed by atoms with Crippen LogP contribution in [0, 0.1) is 0 Å². The molecule has 104 valence electrons. The van der Waals surface area contributed by atoms with Crippen LogP contribution in [0.1, 0.15) is 29.8 Å². The van der Waals surface area contributed by atoms with E-state index in [1.54, 1.807) is 7.11 Å². The standard InChI is InChI=1S/C15H21NO3/c1-11-8-16(9-12(2)19-11)15(17)14-6-4-5-13(7-14)10-18-3/h4-7,11-12H,8-10H2,1-3H3. The predicted octanol–water partition coefficient (Wildman–Crippen LogP) is 2.08. The molecule has 1 fully saturated rings. The van der Waals surface area contributed by atoms with E-state index in [-0.39, 0.29) is 18.1 Å². The predicted molar refractivity (Wildman–Crippen MR) is 73.1 cm³/mol. The molecule has 1 aliphatic rings. The van der Waals surface area contributed by atoms with Gasteiger partial charge in [0, 0.05) is 25.8 Å². The molecule has 0 radical (unpaired) electrons. The molecule has 1 saturated heterocycles. The lowest BCUT2D eigenvalue weighted by atomic mass is 10.1. The average Bonchev–Trinajstić information content (AvgIpc) is 2.37. The van der Waals surface area contributed by atoms with Crippen molar-refractivity contribution in [1.82, 2.24) is 4.90 Å². The van der Waals surface area contributed by atoms with E-state index in [4.69, 9.17) is 9.47 Å². The molecule has 0 saturated carbocycles. The second-order valence-electron chi connectivity index (χ2n) is 5.10. The zero-order valence-electron chi connectivity index (χ0n) is 11.8. The topological polar surface area (TPSA) is 38.8 Å². The number of hydrogen-bond acceptors (Lipinski definition) is 3. The van der Waals surface area contributed by atoms with Crippen LogP contribution in [0.5, 0.6) is 0 Å². The van der Waals surface area contributed by atoms with Crippen LogP contribution in [0.4, 0.5) is 0 Å². The second-order valence-corrected chi connectivity index (χ2v) is 5.10. The Morgan fingerprint density at radius 3 is 2.68 bits per heavy atom. The van der Waals surface area contributed by atoms with Gasteiger partial charge in [-0.3, -0.25) is 4.79 Å². The molecule has 4 heteroatoms. The number of hydrogen-bond donors (Lipinski definition) is 0. The summed E-state index contributed by atoms with van der Waals surface area (Å²) in [6, 6.07) is 7.61. The summed E-state index contributed by atoms with van der Waals surface area (Å²) in [6.07, 6.45) is 0.185. The number of carbonyl (C=O) groups is 1. The Bertz CT molecular complexity index is 437. The first-order valence-electron chi connectivity index (χ1n) is 6.62. The summed E-state index contributed by atoms with van der Waals surface area (Å²) < 4.78 is 10.7. The van der Waals surface area contributed by atoms with E-state index in [1.165, 1.54) is 0 Å². The summed E-state index contributed by atoms with van der Waals surface area (Å²) in [5.74, 6) is 0.0694. The van der Waals surface area contributed by atoms with Crippen molar-refractivity contribution in [3.63, 3.8) is 0 Å². The highest BCUT2D eigenvalue weighted by Gasteiger charge is 2.26. The number of amides is 1. The van der Waals surface area contributed by atoms with Gasteiger partial charge in [-0.15, -0.1) is 0 Å². The second kappa shape index (κ2) is 6.17. The van der Waals surface area contributed by atoms with Crippen molar-refractivity contribution < 1.29 is 14.3 Å². The first-order chi connectivity index (χ1) is 9.10. The number of morpholine rings is 1. The van der Waals surface area contributed by atoms with Gasteiger partial charge in [0.25, 0.3) is 5.91 Å². The number of benzene rings is 1. The van der Waals surface area contributed by atoms with E-state index in [1.807, 2.05) is 43.0 Å². The molecule has 0 aliphatic carbocycles. The van der Waals surface area contributed by atoms with Crippen LogP contribution in [-0.2, 0) is 16.1 Å². The first kappa shape index (κ1) is 14.0. The number of rotatable bonds is 3. The van der Waals surface area contributed by atoms with Gasteiger partial charge in [-0.05, 0) is 31.5 Å². The van der Waals surface area contributed by atoms with Gasteiger partial charge >= 0.3 is 0 Å². The van der Waals surface area contributed by atoms with Gasteiger partial charge in [0.1, 0.15) is 0 Å². The zero-order chi connectivity index (χ0) is 13.8. The summed E-state index contributed by atoms with van der Waals surface area (Å²) in [5, 5.41) is 0. The number of ether oxygens (including phenoxy) is 2. The molecular weight excluding hydrogens is 242 g/mol. The summed E-state index contributed by atoms with van der Waals surface area (Å²) in [6.45, 7) is 5.82. The molecule has 1 aliphatic heterocycles. The minimum absolute atomic E-state index is 0.0694. The summed E-state index contributed by atoms with van der Waals surface area (Å²) in [7, 11) is 1.65. The SMILES string of the molecule is COCc1cccc(C(=O)N2CC(C)OC(C)C2)c1. The normalized spacial score (nSPS) is 23.4. The van der Waals surface area contributed by atoms with Gasteiger partial charge < -0.3 is 14.4 Å². The van der Waals surface area contributed by atoms with Crippen molar-refractivity contribution in [2.75, 3.05) is 20.2 Å². The molecule has 1 aromatic rings. The van der Waals surface area contributed by atoms with Crippen LogP contribution >= 0.6 is 0 Å². The third-order valence-electron chi connectivity index (χ3n) is 3.19. The average molecular weight is 263 g/mol. The van der Waals surface area contributed by atoms with Crippen LogP contribution in [0.25, 0.3) is 0 Å². The summed E-state index contributed by atoms with van der Waals surface area (Å²) in [5.41, 5.74) is 1.73. The van der Waals surface area contributed by atoms with Crippen molar-refractivity contribution >= 4 is 5.91 Å². The van der Waals surface area contributed by atoms with Gasteiger partial charge in [-0.25, -0.2) is 0 Å². The monoisotopic (exact) mass is 263 g/mol. The minimum atomic E-state index is 0.0694. The molecule has 2 atom stereocenters. The molecule has 0 aromatic heterocycles. The number of nitrogens with zero attached hydrogens (tertiary/aromatic N) is 1. The van der Waals surface area contributed by atoms with Crippen LogP contribution in [0.15, 0.2) is 24.3 Å². The molecule has 1 amide bonds. The van der Waals surface area contributed by atoms with Crippen molar-refractivity contribution in [2.24, 2.45) is 0 Å². The molecule has 4 nitrogen and oxygen atoms in total. The van der Waals surface area contributed by atoms with E-state index < -0.39 is 0 Å². The molecule has 1 heterocycles. The van der Waals surface area contributed by atoms with Gasteiger partial charge in [0.15, 0.2) is 0 Å². The maximum Gasteiger partial charge on any atom is 0.254 e. The molecule has 0 N–H and O–H groups in total. The Hall–Kier alpha value is -1.39. The lowest BCUT2D eigenvalue weighted by Crippen LogP contribution is -2.48. The quantitative estimate of drug-likeness (QED) is 0.838. The minimum Gasteiger partial charge on any atom is -0.380 e. The molecule has 1 aromatic carbocycles. The van der Waals surface area contributed by atoms with E-state index >= 15 is 0 Å². The molecule has 0 bridgehead atoms. The molecular formula is C15H21NO3. The Morgan fingerprint density at radius 1 is 1.37 bits per heavy atom. The Balaban J connectivity index is 2.12. The fourth-order valence-electron chi connectivity index (χ4n) is 2.49. The number of methoxy groups -OCH3 is 1. The van der Waals surface area contributed by atoms with Gasteiger partial charge in [-0.2, -0.15) is 0 Å².